The molecule has 0 radical (unpaired) electrons. The predicted molar refractivity (Wildman–Crippen MR) is 129 cm³/mol. The van der Waals surface area contributed by atoms with Crippen molar-refractivity contribution >= 4 is 10.9 Å². The molecule has 8 nitrogen and oxygen atoms in total. The van der Waals surface area contributed by atoms with E-state index in [4.69, 9.17) is 4.74 Å². The Balaban J connectivity index is 1.73. The maximum absolute atomic E-state index is 13.1. The van der Waals surface area contributed by atoms with Gasteiger partial charge in [0.2, 0.25) is 0 Å². The summed E-state index contributed by atoms with van der Waals surface area (Å²) in [6.45, 7) is 14.6. The molecule has 3 aromatic rings. The Bertz CT molecular complexity index is 1170. The van der Waals surface area contributed by atoms with E-state index >= 15 is 0 Å². The van der Waals surface area contributed by atoms with Gasteiger partial charge in [-0.25, -0.2) is 4.68 Å². The van der Waals surface area contributed by atoms with Crippen LogP contribution in [0.3, 0.4) is 0 Å². The summed E-state index contributed by atoms with van der Waals surface area (Å²) >= 11 is 0. The molecule has 3 heterocycles. The van der Waals surface area contributed by atoms with Gasteiger partial charge in [0.1, 0.15) is 0 Å². The molecule has 0 amide bonds. The monoisotopic (exact) mass is 452 g/mol. The molecule has 1 aliphatic heterocycles. The molecular formula is C25H36N6O2. The molecule has 1 saturated heterocycles. The normalized spacial score (nSPS) is 17.8. The van der Waals surface area contributed by atoms with Crippen molar-refractivity contribution in [3.05, 3.63) is 51.1 Å². The Kier molecular flexibility index (Phi) is 6.68. The number of ether oxygens (including phenoxy) is 1. The lowest BCUT2D eigenvalue weighted by Crippen LogP contribution is -2.39. The first-order valence-electron chi connectivity index (χ1n) is 11.9. The highest BCUT2D eigenvalue weighted by atomic mass is 16.5. The minimum atomic E-state index is -0.239. The largest absolute Gasteiger partial charge is 0.377 e. The zero-order valence-electron chi connectivity index (χ0n) is 20.7. The Morgan fingerprint density at radius 1 is 1.24 bits per heavy atom. The Morgan fingerprint density at radius 3 is 2.67 bits per heavy atom. The zero-order valence-corrected chi connectivity index (χ0v) is 20.7. The first-order valence-corrected chi connectivity index (χ1v) is 11.9. The number of pyridine rings is 1. The summed E-state index contributed by atoms with van der Waals surface area (Å²) in [6.07, 6.45) is 3.09. The molecule has 8 heteroatoms. The number of hydrogen-bond acceptors (Lipinski definition) is 6. The second kappa shape index (κ2) is 9.35. The standard InChI is InChI=1S/C25H36N6O2/c1-7-22(23-27-28-29-31(23)25(4,5)6)30(15-20-9-8-10-33-20)14-19-13-18-11-16(2)17(3)12-21(18)26-24(19)32/h11-13,20,22H,7-10,14-15H2,1-6H3,(H,26,32)/t20-,22-/m0/s1. The summed E-state index contributed by atoms with van der Waals surface area (Å²) < 4.78 is 7.88. The van der Waals surface area contributed by atoms with E-state index in [1.54, 1.807) is 0 Å². The number of aromatic nitrogens is 5. The van der Waals surface area contributed by atoms with E-state index in [2.05, 4.69) is 73.0 Å². The van der Waals surface area contributed by atoms with Crippen LogP contribution >= 0.6 is 0 Å². The van der Waals surface area contributed by atoms with Crippen molar-refractivity contribution in [1.82, 2.24) is 30.1 Å². The van der Waals surface area contributed by atoms with Gasteiger partial charge in [-0.3, -0.25) is 9.69 Å². The number of fused-ring (bicyclic) bond motifs is 1. The van der Waals surface area contributed by atoms with Crippen molar-refractivity contribution in [1.29, 1.82) is 0 Å². The van der Waals surface area contributed by atoms with Crippen LogP contribution in [0.25, 0.3) is 10.9 Å². The van der Waals surface area contributed by atoms with E-state index in [9.17, 15) is 4.79 Å². The average Bonchev–Trinajstić information content (AvgIpc) is 3.43. The van der Waals surface area contributed by atoms with Gasteiger partial charge in [-0.05, 0) is 99.0 Å². The molecule has 33 heavy (non-hydrogen) atoms. The highest BCUT2D eigenvalue weighted by Crippen LogP contribution is 2.29. The number of hydrogen-bond donors (Lipinski definition) is 1. The average molecular weight is 453 g/mol. The molecule has 0 unspecified atom stereocenters. The fraction of sp³-hybridized carbons (Fsp3) is 0.600. The summed E-state index contributed by atoms with van der Waals surface area (Å²) in [6, 6.07) is 6.19. The molecule has 178 valence electrons. The van der Waals surface area contributed by atoms with Gasteiger partial charge in [-0.15, -0.1) is 5.10 Å². The van der Waals surface area contributed by atoms with E-state index in [1.165, 1.54) is 11.1 Å². The van der Waals surface area contributed by atoms with Crippen LogP contribution in [0, 0.1) is 13.8 Å². The molecule has 1 N–H and O–H groups in total. The van der Waals surface area contributed by atoms with Crippen molar-refractivity contribution in [3.63, 3.8) is 0 Å². The van der Waals surface area contributed by atoms with Gasteiger partial charge in [0.25, 0.3) is 5.56 Å². The Labute approximate surface area is 195 Å². The van der Waals surface area contributed by atoms with Crippen LogP contribution in [0.1, 0.15) is 75.5 Å². The Hall–Kier alpha value is -2.58. The smallest absolute Gasteiger partial charge is 0.252 e. The van der Waals surface area contributed by atoms with Gasteiger partial charge in [-0.2, -0.15) is 0 Å². The summed E-state index contributed by atoms with van der Waals surface area (Å²) in [4.78, 5) is 18.5. The van der Waals surface area contributed by atoms with Crippen LogP contribution < -0.4 is 5.56 Å². The lowest BCUT2D eigenvalue weighted by Gasteiger charge is -2.33. The van der Waals surface area contributed by atoms with Gasteiger partial charge in [0.15, 0.2) is 5.82 Å². The van der Waals surface area contributed by atoms with Crippen LogP contribution in [0.4, 0.5) is 0 Å². The third-order valence-electron chi connectivity index (χ3n) is 6.63. The highest BCUT2D eigenvalue weighted by molar-refractivity contribution is 5.80. The predicted octanol–water partition coefficient (Wildman–Crippen LogP) is 4.02. The summed E-state index contributed by atoms with van der Waals surface area (Å²) in [7, 11) is 0. The second-order valence-corrected chi connectivity index (χ2v) is 10.3. The summed E-state index contributed by atoms with van der Waals surface area (Å²) in [5.41, 5.74) is 3.72. The molecule has 4 rings (SSSR count). The van der Waals surface area contributed by atoms with Crippen molar-refractivity contribution in [2.24, 2.45) is 0 Å². The number of nitrogens with zero attached hydrogens (tertiary/aromatic N) is 5. The number of nitrogens with one attached hydrogen (secondary N) is 1. The number of aryl methyl sites for hydroxylation is 2. The number of benzene rings is 1. The second-order valence-electron chi connectivity index (χ2n) is 10.3. The van der Waals surface area contributed by atoms with Crippen LogP contribution in [-0.4, -0.2) is 49.3 Å². The van der Waals surface area contributed by atoms with Gasteiger partial charge >= 0.3 is 0 Å². The number of rotatable bonds is 7. The van der Waals surface area contributed by atoms with E-state index in [1.807, 2.05) is 16.8 Å². The molecule has 0 bridgehead atoms. The number of tetrazole rings is 1. The minimum absolute atomic E-state index is 0.0294. The zero-order chi connectivity index (χ0) is 23.8. The third kappa shape index (κ3) is 5.01. The van der Waals surface area contributed by atoms with E-state index in [0.29, 0.717) is 6.54 Å². The molecular weight excluding hydrogens is 416 g/mol. The minimum Gasteiger partial charge on any atom is -0.377 e. The molecule has 1 aromatic carbocycles. The fourth-order valence-electron chi connectivity index (χ4n) is 4.69. The first-order chi connectivity index (χ1) is 15.7. The van der Waals surface area contributed by atoms with Gasteiger partial charge in [0, 0.05) is 30.8 Å². The number of H-pyrrole nitrogens is 1. The van der Waals surface area contributed by atoms with Crippen LogP contribution in [0.15, 0.2) is 23.0 Å². The highest BCUT2D eigenvalue weighted by Gasteiger charge is 2.31. The molecule has 1 aliphatic rings. The number of aromatic amines is 1. The maximum atomic E-state index is 13.1. The van der Waals surface area contributed by atoms with Crippen molar-refractivity contribution in [2.75, 3.05) is 13.2 Å². The third-order valence-corrected chi connectivity index (χ3v) is 6.63. The fourth-order valence-corrected chi connectivity index (χ4v) is 4.69. The van der Waals surface area contributed by atoms with E-state index in [0.717, 1.165) is 54.7 Å². The van der Waals surface area contributed by atoms with Crippen molar-refractivity contribution in [2.45, 2.75) is 85.0 Å². The van der Waals surface area contributed by atoms with E-state index in [-0.39, 0.29) is 23.2 Å². The lowest BCUT2D eigenvalue weighted by molar-refractivity contribution is 0.0478. The molecule has 0 aliphatic carbocycles. The topological polar surface area (TPSA) is 88.9 Å². The molecule has 1 fully saturated rings. The van der Waals surface area contributed by atoms with E-state index < -0.39 is 0 Å². The van der Waals surface area contributed by atoms with Crippen molar-refractivity contribution < 1.29 is 4.74 Å². The van der Waals surface area contributed by atoms with Crippen LogP contribution in [0.5, 0.6) is 0 Å². The van der Waals surface area contributed by atoms with Gasteiger partial charge in [-0.1, -0.05) is 6.92 Å². The maximum Gasteiger partial charge on any atom is 0.252 e. The summed E-state index contributed by atoms with van der Waals surface area (Å²) in [5.74, 6) is 0.826. The molecule has 2 aromatic heterocycles. The summed E-state index contributed by atoms with van der Waals surface area (Å²) in [5, 5.41) is 13.7. The molecule has 0 spiro atoms. The van der Waals surface area contributed by atoms with Gasteiger partial charge in [0.05, 0.1) is 17.7 Å². The first kappa shape index (κ1) is 23.6. The quantitative estimate of drug-likeness (QED) is 0.582. The van der Waals surface area contributed by atoms with Crippen molar-refractivity contribution in [3.8, 4) is 0 Å². The van der Waals surface area contributed by atoms with Crippen LogP contribution in [0.2, 0.25) is 0 Å². The molecule has 2 atom stereocenters. The lowest BCUT2D eigenvalue weighted by atomic mass is 10.0. The molecule has 0 saturated carbocycles. The Morgan fingerprint density at radius 2 is 2.00 bits per heavy atom. The van der Waals surface area contributed by atoms with Crippen LogP contribution in [-0.2, 0) is 16.8 Å². The van der Waals surface area contributed by atoms with Gasteiger partial charge < -0.3 is 9.72 Å². The SMILES string of the molecule is CC[C@@H](c1nnnn1C(C)(C)C)N(Cc1cc2cc(C)c(C)cc2[nH]c1=O)C[C@@H]1CCCO1.